The van der Waals surface area contributed by atoms with Gasteiger partial charge in [0, 0.05) is 8.95 Å². The molecule has 0 bridgehead atoms. The second-order valence-corrected chi connectivity index (χ2v) is 8.25. The van der Waals surface area contributed by atoms with E-state index < -0.39 is 0 Å². The number of allylic oxidation sites excluding steroid dienone is 1. The van der Waals surface area contributed by atoms with E-state index in [2.05, 4.69) is 57.0 Å². The number of halogens is 2. The van der Waals surface area contributed by atoms with Gasteiger partial charge in [0.25, 0.3) is 0 Å². The van der Waals surface area contributed by atoms with Crippen LogP contribution in [-0.2, 0) is 6.61 Å². The minimum absolute atomic E-state index is 0.444. The van der Waals surface area contributed by atoms with Crippen LogP contribution in [0, 0.1) is 18.3 Å². The highest BCUT2D eigenvalue weighted by molar-refractivity contribution is 9.10. The van der Waals surface area contributed by atoms with Gasteiger partial charge in [-0.15, -0.1) is 0 Å². The van der Waals surface area contributed by atoms with Gasteiger partial charge in [0.05, 0.1) is 18.8 Å². The van der Waals surface area contributed by atoms with Crippen LogP contribution >= 0.6 is 31.9 Å². The van der Waals surface area contributed by atoms with Gasteiger partial charge >= 0.3 is 0 Å². The maximum Gasteiger partial charge on any atom is 0.162 e. The first-order chi connectivity index (χ1) is 14.0. The summed E-state index contributed by atoms with van der Waals surface area (Å²) in [6.07, 6.45) is 1.83. The highest BCUT2D eigenvalue weighted by Crippen LogP contribution is 2.36. The lowest BCUT2D eigenvalue weighted by Gasteiger charge is -2.13. The Morgan fingerprint density at radius 3 is 2.45 bits per heavy atom. The fourth-order valence-electron chi connectivity index (χ4n) is 2.77. The minimum Gasteiger partial charge on any atom is -0.493 e. The van der Waals surface area contributed by atoms with Crippen LogP contribution in [0.3, 0.4) is 0 Å². The predicted molar refractivity (Wildman–Crippen MR) is 124 cm³/mol. The van der Waals surface area contributed by atoms with Crippen molar-refractivity contribution in [3.63, 3.8) is 0 Å². The lowest BCUT2D eigenvalue weighted by atomic mass is 10.0. The molecule has 5 heteroatoms. The first kappa shape index (κ1) is 21.2. The van der Waals surface area contributed by atoms with Crippen molar-refractivity contribution in [2.24, 2.45) is 0 Å². The van der Waals surface area contributed by atoms with Crippen molar-refractivity contribution in [2.75, 3.05) is 7.11 Å². The summed E-state index contributed by atoms with van der Waals surface area (Å²) in [5, 5.41) is 9.63. The molecular weight excluding hydrogens is 494 g/mol. The Balaban J connectivity index is 1.89. The predicted octanol–water partition coefficient (Wildman–Crippen LogP) is 7.17. The summed E-state index contributed by atoms with van der Waals surface area (Å²) in [5.74, 6) is 1.25. The molecule has 0 saturated carbocycles. The maximum atomic E-state index is 9.63. The zero-order chi connectivity index (χ0) is 20.8. The fraction of sp³-hybridized carbons (Fsp3) is 0.125. The average molecular weight is 513 g/mol. The molecule has 0 fully saturated rings. The van der Waals surface area contributed by atoms with Crippen LogP contribution in [0.1, 0.15) is 22.3 Å². The molecule has 3 aromatic carbocycles. The summed E-state index contributed by atoms with van der Waals surface area (Å²) >= 11 is 7.04. The van der Waals surface area contributed by atoms with Crippen molar-refractivity contribution in [1.82, 2.24) is 0 Å². The van der Waals surface area contributed by atoms with E-state index in [4.69, 9.17) is 9.47 Å². The van der Waals surface area contributed by atoms with Gasteiger partial charge in [0.15, 0.2) is 11.5 Å². The third-order valence-electron chi connectivity index (χ3n) is 4.35. The largest absolute Gasteiger partial charge is 0.493 e. The zero-order valence-electron chi connectivity index (χ0n) is 16.1. The van der Waals surface area contributed by atoms with Gasteiger partial charge in [-0.05, 0) is 54.0 Å². The molecule has 0 aliphatic carbocycles. The molecule has 0 atom stereocenters. The topological polar surface area (TPSA) is 42.2 Å². The van der Waals surface area contributed by atoms with Gasteiger partial charge in [-0.25, -0.2) is 0 Å². The smallest absolute Gasteiger partial charge is 0.162 e. The molecule has 0 radical (unpaired) electrons. The van der Waals surface area contributed by atoms with Crippen LogP contribution in [-0.4, -0.2) is 7.11 Å². The summed E-state index contributed by atoms with van der Waals surface area (Å²) < 4.78 is 13.2. The van der Waals surface area contributed by atoms with E-state index in [9.17, 15) is 5.26 Å². The first-order valence-corrected chi connectivity index (χ1v) is 10.5. The summed E-state index contributed by atoms with van der Waals surface area (Å²) in [6, 6.07) is 21.9. The maximum absolute atomic E-state index is 9.63. The summed E-state index contributed by atoms with van der Waals surface area (Å²) in [7, 11) is 1.61. The van der Waals surface area contributed by atoms with Gasteiger partial charge in [0.1, 0.15) is 6.61 Å². The number of nitriles is 1. The van der Waals surface area contributed by atoms with Crippen molar-refractivity contribution in [3.05, 3.63) is 91.9 Å². The van der Waals surface area contributed by atoms with E-state index in [1.54, 1.807) is 7.11 Å². The van der Waals surface area contributed by atoms with E-state index >= 15 is 0 Å². The molecule has 0 aliphatic rings. The Bertz CT molecular complexity index is 1080. The molecule has 0 aliphatic heterocycles. The highest BCUT2D eigenvalue weighted by atomic mass is 79.9. The number of rotatable bonds is 6. The van der Waals surface area contributed by atoms with Crippen LogP contribution in [0.25, 0.3) is 11.6 Å². The standard InChI is InChI=1S/C24H19Br2NO2/c1-16-6-8-17(9-7-16)15-29-24-13-22(26)19(12-23(24)28-2)10-20(14-27)18-4-3-5-21(25)11-18/h3-13H,15H2,1-2H3/b20-10+. The Labute approximate surface area is 187 Å². The Morgan fingerprint density at radius 1 is 1.03 bits per heavy atom. The minimum atomic E-state index is 0.444. The van der Waals surface area contributed by atoms with Crippen LogP contribution in [0.2, 0.25) is 0 Å². The third kappa shape index (κ3) is 5.50. The quantitative estimate of drug-likeness (QED) is 0.259. The summed E-state index contributed by atoms with van der Waals surface area (Å²) in [4.78, 5) is 0. The van der Waals surface area contributed by atoms with Crippen LogP contribution in [0.15, 0.2) is 69.6 Å². The molecule has 0 unspecified atom stereocenters. The van der Waals surface area contributed by atoms with Gasteiger partial charge in [-0.1, -0.05) is 73.8 Å². The Morgan fingerprint density at radius 2 is 1.79 bits per heavy atom. The number of ether oxygens (including phenoxy) is 2. The molecule has 0 amide bonds. The third-order valence-corrected chi connectivity index (χ3v) is 5.53. The molecule has 146 valence electrons. The summed E-state index contributed by atoms with van der Waals surface area (Å²) in [5.41, 5.74) is 4.53. The number of hydrogen-bond acceptors (Lipinski definition) is 3. The number of nitrogens with zero attached hydrogens (tertiary/aromatic N) is 1. The van der Waals surface area contributed by atoms with Crippen molar-refractivity contribution in [1.29, 1.82) is 5.26 Å². The van der Waals surface area contributed by atoms with Crippen molar-refractivity contribution >= 4 is 43.5 Å². The molecule has 0 spiro atoms. The van der Waals surface area contributed by atoms with Crippen LogP contribution in [0.5, 0.6) is 11.5 Å². The van der Waals surface area contributed by atoms with Crippen molar-refractivity contribution in [3.8, 4) is 17.6 Å². The van der Waals surface area contributed by atoms with Gasteiger partial charge < -0.3 is 9.47 Å². The molecule has 29 heavy (non-hydrogen) atoms. The van der Waals surface area contributed by atoms with Crippen LogP contribution in [0.4, 0.5) is 0 Å². The molecule has 0 N–H and O–H groups in total. The Hall–Kier alpha value is -2.55. The molecule has 3 rings (SSSR count). The first-order valence-electron chi connectivity index (χ1n) is 8.94. The van der Waals surface area contributed by atoms with Gasteiger partial charge in [0.2, 0.25) is 0 Å². The van der Waals surface area contributed by atoms with E-state index in [1.807, 2.05) is 54.6 Å². The zero-order valence-corrected chi connectivity index (χ0v) is 19.2. The monoisotopic (exact) mass is 511 g/mol. The van der Waals surface area contributed by atoms with Crippen molar-refractivity contribution < 1.29 is 9.47 Å². The molecule has 0 aromatic heterocycles. The normalized spacial score (nSPS) is 11.1. The van der Waals surface area contributed by atoms with E-state index in [-0.39, 0.29) is 0 Å². The lowest BCUT2D eigenvalue weighted by Crippen LogP contribution is -1.98. The van der Waals surface area contributed by atoms with E-state index in [0.717, 1.165) is 25.6 Å². The van der Waals surface area contributed by atoms with Crippen LogP contribution < -0.4 is 9.47 Å². The number of methoxy groups -OCH3 is 1. The van der Waals surface area contributed by atoms with Gasteiger partial charge in [-0.2, -0.15) is 5.26 Å². The molecule has 3 nitrogen and oxygen atoms in total. The van der Waals surface area contributed by atoms with Gasteiger partial charge in [-0.3, -0.25) is 0 Å². The molecule has 3 aromatic rings. The number of aryl methyl sites for hydroxylation is 1. The van der Waals surface area contributed by atoms with E-state index in [1.165, 1.54) is 5.56 Å². The second kappa shape index (κ2) is 9.78. The molecule has 0 heterocycles. The molecular formula is C24H19Br2NO2. The second-order valence-electron chi connectivity index (χ2n) is 6.48. The molecule has 0 saturated heterocycles. The summed E-state index contributed by atoms with van der Waals surface area (Å²) in [6.45, 7) is 2.50. The van der Waals surface area contributed by atoms with Crippen molar-refractivity contribution in [2.45, 2.75) is 13.5 Å². The SMILES string of the molecule is COc1cc(/C=C(\C#N)c2cccc(Br)c2)c(Br)cc1OCc1ccc(C)cc1. The fourth-order valence-corrected chi connectivity index (χ4v) is 3.61. The number of benzene rings is 3. The van der Waals surface area contributed by atoms with E-state index in [0.29, 0.717) is 23.7 Å². The average Bonchev–Trinajstić information content (AvgIpc) is 2.72. The lowest BCUT2D eigenvalue weighted by molar-refractivity contribution is 0.284. The Kier molecular flexibility index (Phi) is 7.13. The highest BCUT2D eigenvalue weighted by Gasteiger charge is 2.11. The number of hydrogen-bond donors (Lipinski definition) is 0.